The van der Waals surface area contributed by atoms with E-state index in [0.717, 1.165) is 5.56 Å². The van der Waals surface area contributed by atoms with Gasteiger partial charge < -0.3 is 33.3 Å². The first-order valence-electron chi connectivity index (χ1n) is 10.5. The highest BCUT2D eigenvalue weighted by molar-refractivity contribution is 6.02. The lowest BCUT2D eigenvalue weighted by Gasteiger charge is -2.43. The van der Waals surface area contributed by atoms with Crippen molar-refractivity contribution in [3.05, 3.63) is 58.4 Å². The van der Waals surface area contributed by atoms with Crippen molar-refractivity contribution in [2.45, 2.75) is 12.0 Å². The van der Waals surface area contributed by atoms with Crippen molar-refractivity contribution in [2.24, 2.45) is 0 Å². The van der Waals surface area contributed by atoms with Crippen molar-refractivity contribution < 1.29 is 42.8 Å². The van der Waals surface area contributed by atoms with E-state index in [1.165, 1.54) is 21.3 Å². The first-order valence-corrected chi connectivity index (χ1v) is 10.5. The van der Waals surface area contributed by atoms with E-state index >= 15 is 0 Å². The van der Waals surface area contributed by atoms with Crippen LogP contribution in [0.25, 0.3) is 0 Å². The lowest BCUT2D eigenvalue weighted by molar-refractivity contribution is -0.170. The number of nitrogens with zero attached hydrogens (tertiary/aromatic N) is 1. The minimum absolute atomic E-state index is 0.00566. The molecule has 0 N–H and O–H groups in total. The lowest BCUT2D eigenvalue weighted by Crippen LogP contribution is -2.50. The third-order valence-electron chi connectivity index (χ3n) is 6.30. The number of hydrogen-bond acceptors (Lipinski definition) is 10. The molecule has 0 fully saturated rings. The average molecular weight is 469 g/mol. The molecule has 0 aliphatic carbocycles. The van der Waals surface area contributed by atoms with Gasteiger partial charge in [0.25, 0.3) is 0 Å². The maximum absolute atomic E-state index is 13.3. The molecule has 0 spiro atoms. The zero-order valence-corrected chi connectivity index (χ0v) is 19.1. The highest BCUT2D eigenvalue weighted by Gasteiger charge is 2.60. The van der Waals surface area contributed by atoms with Crippen LogP contribution in [-0.2, 0) is 35.9 Å². The Morgan fingerprint density at radius 1 is 0.912 bits per heavy atom. The SMILES string of the molecule is COC(=O)C1=C(C(=O)OC)[C@]2(c3ccc4c(c3)OCO4)c3cc(OC)c(OC)cc3CCN2O1. The predicted molar refractivity (Wildman–Crippen MR) is 115 cm³/mol. The molecule has 2 aromatic carbocycles. The lowest BCUT2D eigenvalue weighted by atomic mass is 9.72. The van der Waals surface area contributed by atoms with Crippen LogP contribution in [0.15, 0.2) is 41.7 Å². The van der Waals surface area contributed by atoms with Crippen molar-refractivity contribution in [2.75, 3.05) is 41.8 Å². The Hall–Kier alpha value is -3.92. The van der Waals surface area contributed by atoms with E-state index in [1.807, 2.05) is 6.07 Å². The number of hydroxylamine groups is 2. The van der Waals surface area contributed by atoms with Gasteiger partial charge in [-0.15, -0.1) is 5.06 Å². The smallest absolute Gasteiger partial charge is 0.376 e. The minimum atomic E-state index is -1.36. The molecule has 0 saturated heterocycles. The zero-order valence-electron chi connectivity index (χ0n) is 19.1. The van der Waals surface area contributed by atoms with Crippen molar-refractivity contribution in [3.8, 4) is 23.0 Å². The topological polar surface area (TPSA) is 102 Å². The molecule has 34 heavy (non-hydrogen) atoms. The molecule has 0 unspecified atom stereocenters. The summed E-state index contributed by atoms with van der Waals surface area (Å²) in [6.45, 7) is 0.443. The fourth-order valence-electron chi connectivity index (χ4n) is 4.82. The molecular formula is C24H23NO9. The molecule has 0 saturated carbocycles. The standard InChI is InChI=1S/C24H23NO9/c1-28-17-9-13-7-8-25-24(15(13)11-18(17)29-2,14-5-6-16-19(10-14)33-12-32-16)20(22(26)30-3)21(34-25)23(27)31-4/h5-6,9-11H,7-8,12H2,1-4H3/t24-/m0/s1. The Bertz CT molecular complexity index is 1220. The Kier molecular flexibility index (Phi) is 5.24. The van der Waals surface area contributed by atoms with Gasteiger partial charge in [0.2, 0.25) is 12.6 Å². The number of benzene rings is 2. The first kappa shape index (κ1) is 21.9. The van der Waals surface area contributed by atoms with Gasteiger partial charge in [0, 0.05) is 6.54 Å². The number of carbonyl (C=O) groups excluding carboxylic acids is 2. The Balaban J connectivity index is 1.88. The molecule has 178 valence electrons. The van der Waals surface area contributed by atoms with E-state index in [4.69, 9.17) is 33.3 Å². The third kappa shape index (κ3) is 2.91. The fourth-order valence-corrected chi connectivity index (χ4v) is 4.82. The highest BCUT2D eigenvalue weighted by atomic mass is 16.7. The van der Waals surface area contributed by atoms with Gasteiger partial charge in [-0.1, -0.05) is 6.07 Å². The van der Waals surface area contributed by atoms with Crippen LogP contribution in [0.1, 0.15) is 16.7 Å². The predicted octanol–water partition coefficient (Wildman–Crippen LogP) is 2.08. The molecule has 3 aliphatic rings. The van der Waals surface area contributed by atoms with Gasteiger partial charge in [0.1, 0.15) is 11.1 Å². The molecule has 2 aromatic rings. The van der Waals surface area contributed by atoms with Crippen LogP contribution in [-0.4, -0.2) is 58.8 Å². The van der Waals surface area contributed by atoms with E-state index in [0.29, 0.717) is 47.1 Å². The molecule has 0 aromatic heterocycles. The zero-order chi connectivity index (χ0) is 24.0. The average Bonchev–Trinajstić information content (AvgIpc) is 3.49. The quantitative estimate of drug-likeness (QED) is 0.605. The largest absolute Gasteiger partial charge is 0.493 e. The Morgan fingerprint density at radius 2 is 1.62 bits per heavy atom. The van der Waals surface area contributed by atoms with Crippen LogP contribution in [0.4, 0.5) is 0 Å². The molecule has 10 nitrogen and oxygen atoms in total. The van der Waals surface area contributed by atoms with Gasteiger partial charge in [-0.2, -0.15) is 0 Å². The van der Waals surface area contributed by atoms with E-state index in [1.54, 1.807) is 36.4 Å². The fraction of sp³-hybridized carbons (Fsp3) is 0.333. The third-order valence-corrected chi connectivity index (χ3v) is 6.30. The molecule has 3 heterocycles. The minimum Gasteiger partial charge on any atom is -0.493 e. The van der Waals surface area contributed by atoms with E-state index in [-0.39, 0.29) is 18.1 Å². The number of carbonyl (C=O) groups is 2. The number of esters is 2. The molecule has 0 bridgehead atoms. The van der Waals surface area contributed by atoms with Crippen molar-refractivity contribution in [1.82, 2.24) is 5.06 Å². The van der Waals surface area contributed by atoms with Crippen molar-refractivity contribution in [1.29, 1.82) is 0 Å². The van der Waals surface area contributed by atoms with E-state index < -0.39 is 17.5 Å². The van der Waals surface area contributed by atoms with Gasteiger partial charge in [-0.05, 0) is 47.4 Å². The molecule has 10 heteroatoms. The van der Waals surface area contributed by atoms with Crippen LogP contribution in [0.5, 0.6) is 23.0 Å². The maximum atomic E-state index is 13.3. The summed E-state index contributed by atoms with van der Waals surface area (Å²) in [6, 6.07) is 8.99. The van der Waals surface area contributed by atoms with Gasteiger partial charge in [-0.25, -0.2) is 9.59 Å². The summed E-state index contributed by atoms with van der Waals surface area (Å²) in [5, 5.41) is 1.59. The summed E-state index contributed by atoms with van der Waals surface area (Å²) >= 11 is 0. The summed E-state index contributed by atoms with van der Waals surface area (Å²) in [4.78, 5) is 32.1. The van der Waals surface area contributed by atoms with Crippen molar-refractivity contribution in [3.63, 3.8) is 0 Å². The second-order valence-electron chi connectivity index (χ2n) is 7.77. The normalized spacial score (nSPS) is 20.2. The molecule has 1 atom stereocenters. The van der Waals surface area contributed by atoms with Gasteiger partial charge in [0.15, 0.2) is 23.0 Å². The summed E-state index contributed by atoms with van der Waals surface area (Å²) in [5.41, 5.74) is 0.820. The Labute approximate surface area is 195 Å². The monoisotopic (exact) mass is 469 g/mol. The van der Waals surface area contributed by atoms with E-state index in [9.17, 15) is 9.59 Å². The van der Waals surface area contributed by atoms with Crippen LogP contribution in [0.2, 0.25) is 0 Å². The highest BCUT2D eigenvalue weighted by Crippen LogP contribution is 2.55. The van der Waals surface area contributed by atoms with Gasteiger partial charge >= 0.3 is 11.9 Å². The molecule has 3 aliphatic heterocycles. The number of ether oxygens (including phenoxy) is 6. The Morgan fingerprint density at radius 3 is 2.32 bits per heavy atom. The second-order valence-corrected chi connectivity index (χ2v) is 7.77. The molecule has 0 amide bonds. The van der Waals surface area contributed by atoms with Crippen LogP contribution < -0.4 is 18.9 Å². The van der Waals surface area contributed by atoms with Gasteiger partial charge in [-0.3, -0.25) is 0 Å². The van der Waals surface area contributed by atoms with Crippen LogP contribution in [0.3, 0.4) is 0 Å². The van der Waals surface area contributed by atoms with Crippen LogP contribution >= 0.6 is 0 Å². The number of rotatable bonds is 5. The molecule has 5 rings (SSSR count). The first-order chi connectivity index (χ1) is 16.5. The van der Waals surface area contributed by atoms with Crippen LogP contribution in [0, 0.1) is 0 Å². The summed E-state index contributed by atoms with van der Waals surface area (Å²) in [7, 11) is 5.56. The molecule has 0 radical (unpaired) electrons. The number of hydrogen-bond donors (Lipinski definition) is 0. The molecular weight excluding hydrogens is 446 g/mol. The number of fused-ring (bicyclic) bond motifs is 4. The summed E-state index contributed by atoms with van der Waals surface area (Å²) in [6.07, 6.45) is 0.560. The summed E-state index contributed by atoms with van der Waals surface area (Å²) in [5.74, 6) is 0.320. The number of methoxy groups -OCH3 is 4. The van der Waals surface area contributed by atoms with Gasteiger partial charge in [0.05, 0.1) is 28.4 Å². The summed E-state index contributed by atoms with van der Waals surface area (Å²) < 4.78 is 32.2. The second kappa shape index (κ2) is 8.14. The van der Waals surface area contributed by atoms with E-state index in [2.05, 4.69) is 0 Å². The van der Waals surface area contributed by atoms with Crippen molar-refractivity contribution >= 4 is 11.9 Å². The maximum Gasteiger partial charge on any atom is 0.376 e.